The quantitative estimate of drug-likeness (QED) is 0.455. The molecule has 186 valence electrons. The summed E-state index contributed by atoms with van der Waals surface area (Å²) in [6, 6.07) is 3.77. The van der Waals surface area contributed by atoms with Crippen LogP contribution in [0.5, 0.6) is 5.88 Å². The minimum absolute atomic E-state index is 0. The Morgan fingerprint density at radius 3 is 2.77 bits per heavy atom. The molecule has 1 saturated carbocycles. The van der Waals surface area contributed by atoms with Crippen LogP contribution in [-0.2, 0) is 4.74 Å². The summed E-state index contributed by atoms with van der Waals surface area (Å²) in [4.78, 5) is 23.0. The number of carbonyl (C=O) groups excluding carboxylic acids is 1. The molecule has 3 heterocycles. The number of carbonyl (C=O) groups is 1. The Kier molecular flexibility index (Phi) is 6.86. The van der Waals surface area contributed by atoms with Gasteiger partial charge in [-0.1, -0.05) is 0 Å². The second kappa shape index (κ2) is 9.71. The van der Waals surface area contributed by atoms with Gasteiger partial charge >= 0.3 is 6.09 Å². The number of amides is 1. The van der Waals surface area contributed by atoms with E-state index in [9.17, 15) is 4.79 Å². The highest BCUT2D eigenvalue weighted by atomic mass is 35.5. The zero-order chi connectivity index (χ0) is 24.0. The molecular formula is C24H28ClFN6O3. The number of benzene rings is 1. The first kappa shape index (κ1) is 24.7. The van der Waals surface area contributed by atoms with Gasteiger partial charge in [0.1, 0.15) is 24.2 Å². The highest BCUT2D eigenvalue weighted by Gasteiger charge is 2.33. The molecule has 9 nitrogen and oxygen atoms in total. The Morgan fingerprint density at radius 2 is 2.03 bits per heavy atom. The fourth-order valence-corrected chi connectivity index (χ4v) is 4.40. The minimum Gasteiger partial charge on any atom is -0.474 e. The smallest absolute Gasteiger partial charge is 0.413 e. The second-order valence-corrected chi connectivity index (χ2v) is 8.94. The third kappa shape index (κ3) is 4.63. The Bertz CT molecular complexity index is 1280. The molecule has 0 unspecified atom stereocenters. The van der Waals surface area contributed by atoms with Gasteiger partial charge in [-0.25, -0.2) is 19.2 Å². The summed E-state index contributed by atoms with van der Waals surface area (Å²) in [5, 5.41) is 7.02. The van der Waals surface area contributed by atoms with Gasteiger partial charge in [0, 0.05) is 54.3 Å². The normalized spacial score (nSPS) is 18.5. The summed E-state index contributed by atoms with van der Waals surface area (Å²) < 4.78 is 26.3. The number of hydrogen-bond acceptors (Lipinski definition) is 8. The number of nitrogens with zero attached hydrogens (tertiary/aromatic N) is 3. The minimum atomic E-state index is -0.565. The SMILES string of the molecule is Cc1c(-c2cc3cc(NC(=O)OC4CC(N(C)C)C4)ncc3c(N)c2F)cnc2c1NCCO2.Cl. The molecule has 5 rings (SSSR count). The highest BCUT2D eigenvalue weighted by molar-refractivity contribution is 5.99. The van der Waals surface area contributed by atoms with Crippen LogP contribution in [0.25, 0.3) is 21.9 Å². The molecule has 4 N–H and O–H groups in total. The van der Waals surface area contributed by atoms with Crippen molar-refractivity contribution >= 4 is 46.5 Å². The van der Waals surface area contributed by atoms with Crippen LogP contribution >= 0.6 is 12.4 Å². The van der Waals surface area contributed by atoms with Crippen LogP contribution in [0.3, 0.4) is 0 Å². The zero-order valence-corrected chi connectivity index (χ0v) is 20.5. The number of aromatic nitrogens is 2. The lowest BCUT2D eigenvalue weighted by Gasteiger charge is -2.38. The van der Waals surface area contributed by atoms with Gasteiger partial charge in [0.15, 0.2) is 5.82 Å². The Balaban J connectivity index is 0.00000289. The lowest BCUT2D eigenvalue weighted by atomic mass is 9.88. The summed E-state index contributed by atoms with van der Waals surface area (Å²) in [5.41, 5.74) is 8.60. The molecule has 1 fully saturated rings. The van der Waals surface area contributed by atoms with Gasteiger partial charge in [0.05, 0.1) is 5.69 Å². The van der Waals surface area contributed by atoms with Crippen LogP contribution < -0.4 is 21.1 Å². The summed E-state index contributed by atoms with van der Waals surface area (Å²) in [6.07, 6.45) is 3.97. The summed E-state index contributed by atoms with van der Waals surface area (Å²) >= 11 is 0. The fraction of sp³-hybridized carbons (Fsp3) is 0.375. The molecule has 1 amide bonds. The maximum absolute atomic E-state index is 15.3. The first-order chi connectivity index (χ1) is 16.3. The van der Waals surface area contributed by atoms with E-state index in [0.29, 0.717) is 52.8 Å². The third-order valence-corrected chi connectivity index (χ3v) is 6.54. The monoisotopic (exact) mass is 502 g/mol. The molecule has 3 aromatic rings. The zero-order valence-electron chi connectivity index (χ0n) is 19.7. The van der Waals surface area contributed by atoms with Gasteiger partial charge in [0.2, 0.25) is 5.88 Å². The predicted molar refractivity (Wildman–Crippen MR) is 136 cm³/mol. The van der Waals surface area contributed by atoms with Crippen molar-refractivity contribution < 1.29 is 18.7 Å². The van der Waals surface area contributed by atoms with E-state index < -0.39 is 11.9 Å². The van der Waals surface area contributed by atoms with Crippen molar-refractivity contribution in [2.24, 2.45) is 0 Å². The van der Waals surface area contributed by atoms with E-state index in [-0.39, 0.29) is 24.2 Å². The molecule has 0 saturated heterocycles. The van der Waals surface area contributed by atoms with E-state index >= 15 is 4.39 Å². The lowest BCUT2D eigenvalue weighted by molar-refractivity contribution is 0.00916. The molecule has 35 heavy (non-hydrogen) atoms. The number of ether oxygens (including phenoxy) is 2. The van der Waals surface area contributed by atoms with E-state index in [2.05, 4.69) is 25.5 Å². The molecule has 0 bridgehead atoms. The number of nitrogens with one attached hydrogen (secondary N) is 2. The highest BCUT2D eigenvalue weighted by Crippen LogP contribution is 2.39. The predicted octanol–water partition coefficient (Wildman–Crippen LogP) is 4.19. The number of nitrogen functional groups attached to an aromatic ring is 1. The lowest BCUT2D eigenvalue weighted by Crippen LogP contribution is -2.45. The van der Waals surface area contributed by atoms with Crippen molar-refractivity contribution in [2.75, 3.05) is 43.6 Å². The first-order valence-electron chi connectivity index (χ1n) is 11.2. The summed E-state index contributed by atoms with van der Waals surface area (Å²) in [7, 11) is 4.02. The molecule has 11 heteroatoms. The van der Waals surface area contributed by atoms with Gasteiger partial charge in [-0.15, -0.1) is 12.4 Å². The van der Waals surface area contributed by atoms with Gasteiger partial charge in [-0.2, -0.15) is 0 Å². The van der Waals surface area contributed by atoms with Crippen molar-refractivity contribution in [2.45, 2.75) is 31.9 Å². The van der Waals surface area contributed by atoms with E-state index in [1.54, 1.807) is 18.3 Å². The topological polar surface area (TPSA) is 115 Å². The standard InChI is InChI=1S/C24H27FN6O3.ClH/c1-12-17(10-29-23-22(12)27-4-5-33-23)16-6-13-7-19(28-11-18(13)21(26)20(16)25)30-24(32)34-15-8-14(9-15)31(2)3;/h6-7,10-11,14-15,27H,4-5,8-9,26H2,1-3H3,(H,28,30,32);1H. The molecule has 0 radical (unpaired) electrons. The largest absolute Gasteiger partial charge is 0.474 e. The molecular weight excluding hydrogens is 475 g/mol. The van der Waals surface area contributed by atoms with E-state index in [0.717, 1.165) is 24.1 Å². The van der Waals surface area contributed by atoms with Crippen LogP contribution in [-0.4, -0.2) is 60.4 Å². The maximum atomic E-state index is 15.3. The third-order valence-electron chi connectivity index (χ3n) is 6.54. The Labute approximate surface area is 208 Å². The van der Waals surface area contributed by atoms with Crippen LogP contribution in [0.2, 0.25) is 0 Å². The summed E-state index contributed by atoms with van der Waals surface area (Å²) in [6.45, 7) is 3.06. The summed E-state index contributed by atoms with van der Waals surface area (Å²) in [5.74, 6) is 0.254. The van der Waals surface area contributed by atoms with Crippen LogP contribution in [0.15, 0.2) is 24.5 Å². The van der Waals surface area contributed by atoms with Gasteiger partial charge < -0.3 is 25.4 Å². The molecule has 0 atom stereocenters. The molecule has 2 aliphatic rings. The molecule has 1 aliphatic heterocycles. The Hall–Kier alpha value is -3.37. The molecule has 0 spiro atoms. The van der Waals surface area contributed by atoms with Crippen LogP contribution in [0.4, 0.5) is 26.4 Å². The van der Waals surface area contributed by atoms with Crippen LogP contribution in [0.1, 0.15) is 18.4 Å². The van der Waals surface area contributed by atoms with Crippen molar-refractivity contribution in [1.29, 1.82) is 0 Å². The number of hydrogen-bond donors (Lipinski definition) is 3. The van der Waals surface area contributed by atoms with E-state index in [1.807, 2.05) is 21.0 Å². The van der Waals surface area contributed by atoms with Crippen molar-refractivity contribution in [3.8, 4) is 17.0 Å². The number of halogens is 2. The van der Waals surface area contributed by atoms with Crippen molar-refractivity contribution in [1.82, 2.24) is 14.9 Å². The van der Waals surface area contributed by atoms with Crippen molar-refractivity contribution in [3.63, 3.8) is 0 Å². The number of pyridine rings is 2. The second-order valence-electron chi connectivity index (χ2n) is 8.94. The number of nitrogens with two attached hydrogens (primary N) is 1. The number of fused-ring (bicyclic) bond motifs is 2. The maximum Gasteiger partial charge on any atom is 0.413 e. The molecule has 1 aliphatic carbocycles. The fourth-order valence-electron chi connectivity index (χ4n) is 4.40. The Morgan fingerprint density at radius 1 is 1.26 bits per heavy atom. The van der Waals surface area contributed by atoms with Crippen molar-refractivity contribution in [3.05, 3.63) is 35.9 Å². The van der Waals surface area contributed by atoms with E-state index in [4.69, 9.17) is 15.2 Å². The molecule has 1 aromatic carbocycles. The van der Waals surface area contributed by atoms with Gasteiger partial charge in [-0.05, 0) is 44.1 Å². The average molecular weight is 503 g/mol. The van der Waals surface area contributed by atoms with Crippen LogP contribution in [0, 0.1) is 12.7 Å². The van der Waals surface area contributed by atoms with Gasteiger partial charge in [-0.3, -0.25) is 5.32 Å². The first-order valence-corrected chi connectivity index (χ1v) is 11.2. The number of anilines is 3. The average Bonchev–Trinajstić information content (AvgIpc) is 2.79. The van der Waals surface area contributed by atoms with Gasteiger partial charge in [0.25, 0.3) is 0 Å². The number of rotatable bonds is 4. The molecule has 2 aromatic heterocycles. The van der Waals surface area contributed by atoms with E-state index in [1.165, 1.54) is 6.20 Å².